The Morgan fingerprint density at radius 3 is 2.55 bits per heavy atom. The van der Waals surface area contributed by atoms with E-state index in [4.69, 9.17) is 0 Å². The van der Waals surface area contributed by atoms with Crippen molar-refractivity contribution >= 4 is 0 Å². The summed E-state index contributed by atoms with van der Waals surface area (Å²) in [6, 6.07) is 0. The molecule has 4 rings (SSSR count). The Hall–Kier alpha value is -2.67. The fourth-order valence-electron chi connectivity index (χ4n) is 5.10. The van der Waals surface area contributed by atoms with Crippen molar-refractivity contribution < 1.29 is 0 Å². The second kappa shape index (κ2) is 9.64. The Balaban J connectivity index is 1.70. The molecule has 3 aromatic rings. The Kier molecular flexibility index (Phi) is 6.70. The molecule has 0 aromatic carbocycles. The van der Waals surface area contributed by atoms with Crippen LogP contribution in [0, 0.1) is 6.92 Å². The predicted molar refractivity (Wildman–Crippen MR) is 123 cm³/mol. The van der Waals surface area contributed by atoms with Crippen molar-refractivity contribution in [1.29, 1.82) is 0 Å². The number of aromatic amines is 3. The summed E-state index contributed by atoms with van der Waals surface area (Å²) in [6.45, 7) is 9.91. The summed E-state index contributed by atoms with van der Waals surface area (Å²) >= 11 is 0. The van der Waals surface area contributed by atoms with Gasteiger partial charge in [0.05, 0.1) is 17.0 Å². The van der Waals surface area contributed by atoms with Crippen LogP contribution in [0.3, 0.4) is 0 Å². The highest BCUT2D eigenvalue weighted by Crippen LogP contribution is 2.40. The van der Waals surface area contributed by atoms with Crippen molar-refractivity contribution in [1.82, 2.24) is 30.0 Å². The minimum Gasteiger partial charge on any atom is -0.362 e. The number of aryl methyl sites for hydroxylation is 1. The molecule has 0 radical (unpaired) electrons. The molecule has 3 N–H and O–H groups in total. The third-order valence-corrected chi connectivity index (χ3v) is 6.80. The van der Waals surface area contributed by atoms with E-state index in [9.17, 15) is 4.79 Å². The van der Waals surface area contributed by atoms with Crippen LogP contribution in [0.15, 0.2) is 23.4 Å². The average molecular weight is 423 g/mol. The maximum atomic E-state index is 12.2. The molecule has 0 bridgehead atoms. The largest absolute Gasteiger partial charge is 0.362 e. The molecule has 0 spiro atoms. The van der Waals surface area contributed by atoms with Gasteiger partial charge in [0.15, 0.2) is 0 Å². The smallest absolute Gasteiger partial charge is 0.273 e. The van der Waals surface area contributed by atoms with Gasteiger partial charge in [-0.1, -0.05) is 26.7 Å². The minimum absolute atomic E-state index is 0.166. The van der Waals surface area contributed by atoms with Gasteiger partial charge in [0, 0.05) is 42.9 Å². The first-order valence-corrected chi connectivity index (χ1v) is 11.6. The molecule has 0 amide bonds. The van der Waals surface area contributed by atoms with Gasteiger partial charge in [0.2, 0.25) is 0 Å². The molecular formula is C24H34N6O. The van der Waals surface area contributed by atoms with Crippen LogP contribution in [0.5, 0.6) is 0 Å². The lowest BCUT2D eigenvalue weighted by atomic mass is 9.90. The average Bonchev–Trinajstić information content (AvgIpc) is 3.51. The number of hydrogen-bond acceptors (Lipinski definition) is 4. The normalized spacial score (nSPS) is 14.7. The molecule has 0 atom stereocenters. The molecule has 3 heterocycles. The Labute approximate surface area is 183 Å². The van der Waals surface area contributed by atoms with Crippen molar-refractivity contribution in [3.05, 3.63) is 57.2 Å². The summed E-state index contributed by atoms with van der Waals surface area (Å²) in [5, 5.41) is 5.38. The molecule has 7 nitrogen and oxygen atoms in total. The van der Waals surface area contributed by atoms with Crippen LogP contribution in [0.4, 0.5) is 0 Å². The van der Waals surface area contributed by atoms with Crippen molar-refractivity contribution in [3.8, 4) is 11.3 Å². The molecule has 1 aliphatic carbocycles. The van der Waals surface area contributed by atoms with Gasteiger partial charge in [-0.25, -0.2) is 0 Å². The number of rotatable bonds is 9. The Morgan fingerprint density at radius 1 is 1.13 bits per heavy atom. The summed E-state index contributed by atoms with van der Waals surface area (Å²) in [5.41, 5.74) is 7.36. The van der Waals surface area contributed by atoms with Gasteiger partial charge in [-0.3, -0.25) is 19.9 Å². The highest BCUT2D eigenvalue weighted by atomic mass is 16.1. The highest BCUT2D eigenvalue weighted by Gasteiger charge is 2.27. The number of nitrogens with one attached hydrogen (secondary N) is 3. The summed E-state index contributed by atoms with van der Waals surface area (Å²) in [7, 11) is 0. The van der Waals surface area contributed by atoms with Gasteiger partial charge in [-0.05, 0) is 56.3 Å². The maximum Gasteiger partial charge on any atom is 0.273 e. The van der Waals surface area contributed by atoms with Crippen LogP contribution in [-0.2, 0) is 12.8 Å². The van der Waals surface area contributed by atoms with Crippen molar-refractivity contribution in [2.45, 2.75) is 65.2 Å². The molecule has 31 heavy (non-hydrogen) atoms. The van der Waals surface area contributed by atoms with E-state index in [1.807, 2.05) is 0 Å². The first-order chi connectivity index (χ1) is 15.1. The molecule has 0 aliphatic heterocycles. The molecule has 1 saturated carbocycles. The lowest BCUT2D eigenvalue weighted by Gasteiger charge is -2.20. The molecule has 1 aliphatic rings. The molecule has 7 heteroatoms. The quantitative estimate of drug-likeness (QED) is 0.487. The second-order valence-corrected chi connectivity index (χ2v) is 8.56. The van der Waals surface area contributed by atoms with E-state index in [1.54, 1.807) is 18.6 Å². The number of hydrogen-bond donors (Lipinski definition) is 3. The van der Waals surface area contributed by atoms with Crippen molar-refractivity contribution in [2.75, 3.05) is 19.6 Å². The van der Waals surface area contributed by atoms with Crippen LogP contribution >= 0.6 is 0 Å². The zero-order chi connectivity index (χ0) is 21.8. The summed E-state index contributed by atoms with van der Waals surface area (Å²) in [5.74, 6) is 0.613. The molecule has 0 unspecified atom stereocenters. The lowest BCUT2D eigenvalue weighted by molar-refractivity contribution is 0.307. The fourth-order valence-corrected chi connectivity index (χ4v) is 5.10. The third-order valence-electron chi connectivity index (χ3n) is 6.80. The molecule has 3 aromatic heterocycles. The van der Waals surface area contributed by atoms with Gasteiger partial charge in [-0.2, -0.15) is 0 Å². The van der Waals surface area contributed by atoms with Gasteiger partial charge < -0.3 is 15.0 Å². The van der Waals surface area contributed by atoms with Crippen molar-refractivity contribution in [3.63, 3.8) is 0 Å². The monoisotopic (exact) mass is 422 g/mol. The summed E-state index contributed by atoms with van der Waals surface area (Å²) < 4.78 is 0. The first kappa shape index (κ1) is 21.6. The lowest BCUT2D eigenvalue weighted by Crippen LogP contribution is -2.25. The van der Waals surface area contributed by atoms with Crippen molar-refractivity contribution in [2.24, 2.45) is 0 Å². The van der Waals surface area contributed by atoms with Gasteiger partial charge in [-0.15, -0.1) is 0 Å². The van der Waals surface area contributed by atoms with Crippen LogP contribution in [0.1, 0.15) is 73.7 Å². The van der Waals surface area contributed by atoms with E-state index in [0.29, 0.717) is 23.6 Å². The zero-order valence-corrected chi connectivity index (χ0v) is 18.9. The Morgan fingerprint density at radius 2 is 1.87 bits per heavy atom. The van der Waals surface area contributed by atoms with Gasteiger partial charge >= 0.3 is 0 Å². The summed E-state index contributed by atoms with van der Waals surface area (Å²) in [6.07, 6.45) is 11.9. The van der Waals surface area contributed by atoms with E-state index >= 15 is 0 Å². The molecular weight excluding hydrogens is 388 g/mol. The predicted octanol–water partition coefficient (Wildman–Crippen LogP) is 3.93. The van der Waals surface area contributed by atoms with E-state index in [-0.39, 0.29) is 5.56 Å². The SMILES string of the molecule is CCN(CC)CCc1c(C)[nH]c(Cc2nccnc2-c2c[nH][nH]c2=O)c1C1CCCC1. The Bertz CT molecular complexity index is 1050. The van der Waals surface area contributed by atoms with Gasteiger partial charge in [0.1, 0.15) is 0 Å². The second-order valence-electron chi connectivity index (χ2n) is 8.56. The number of H-pyrrole nitrogens is 3. The number of aromatic nitrogens is 5. The molecule has 166 valence electrons. The molecule has 0 saturated heterocycles. The van der Waals surface area contributed by atoms with E-state index in [0.717, 1.165) is 31.7 Å². The first-order valence-electron chi connectivity index (χ1n) is 11.6. The standard InChI is InChI=1S/C24H34N6O/c1-4-30(5-2)13-10-18-16(3)28-20(22(18)17-8-6-7-9-17)14-21-23(26-12-11-25-21)19-15-27-29-24(19)31/h11-12,15,17,28H,4-10,13-14H2,1-3H3,(H2,27,29,31). The van der Waals surface area contributed by atoms with Crippen LogP contribution in [0.2, 0.25) is 0 Å². The van der Waals surface area contributed by atoms with Gasteiger partial charge in [0.25, 0.3) is 5.56 Å². The highest BCUT2D eigenvalue weighted by molar-refractivity contribution is 5.60. The van der Waals surface area contributed by atoms with E-state index < -0.39 is 0 Å². The fraction of sp³-hybridized carbons (Fsp3) is 0.542. The number of nitrogens with zero attached hydrogens (tertiary/aromatic N) is 3. The minimum atomic E-state index is -0.166. The van der Waals surface area contributed by atoms with Crippen LogP contribution in [0.25, 0.3) is 11.3 Å². The third kappa shape index (κ3) is 4.51. The van der Waals surface area contributed by atoms with Crippen LogP contribution in [-0.4, -0.2) is 49.7 Å². The van der Waals surface area contributed by atoms with E-state index in [1.165, 1.54) is 48.2 Å². The molecule has 1 fully saturated rings. The van der Waals surface area contributed by atoms with Crippen LogP contribution < -0.4 is 5.56 Å². The maximum absolute atomic E-state index is 12.2. The van der Waals surface area contributed by atoms with E-state index in [2.05, 4.69) is 50.8 Å². The summed E-state index contributed by atoms with van der Waals surface area (Å²) in [4.78, 5) is 27.5. The zero-order valence-electron chi connectivity index (χ0n) is 18.9. The number of likely N-dealkylation sites (N-methyl/N-ethyl adjacent to an activating group) is 1. The topological polar surface area (TPSA) is 93.5 Å².